The number of benzene rings is 1. The third-order valence-corrected chi connectivity index (χ3v) is 1.86. The molecule has 0 atom stereocenters. The highest BCUT2D eigenvalue weighted by molar-refractivity contribution is 6.19. The second-order valence-corrected chi connectivity index (χ2v) is 3.01. The minimum absolute atomic E-state index is 0.0691. The number of Topliss-reactive ketones (excluding diaryl/α,β-unsaturated/α-hetero) is 1. The van der Waals surface area contributed by atoms with Crippen LogP contribution in [0.1, 0.15) is 16.8 Å². The van der Waals surface area contributed by atoms with Gasteiger partial charge in [0.2, 0.25) is 0 Å². The van der Waals surface area contributed by atoms with Crippen molar-refractivity contribution in [3.05, 3.63) is 23.8 Å². The molecule has 0 fully saturated rings. The number of anilines is 1. The minimum Gasteiger partial charge on any atom is -0.506 e. The van der Waals surface area contributed by atoms with E-state index in [9.17, 15) is 9.90 Å². The predicted molar refractivity (Wildman–Crippen MR) is 52.2 cm³/mol. The van der Waals surface area contributed by atoms with Gasteiger partial charge in [-0.3, -0.25) is 4.79 Å². The van der Waals surface area contributed by atoms with Crippen molar-refractivity contribution >= 4 is 23.1 Å². The molecule has 1 aromatic carbocycles. The highest BCUT2D eigenvalue weighted by Gasteiger charge is 2.06. The van der Waals surface area contributed by atoms with E-state index < -0.39 is 0 Å². The standard InChI is InChI=1S/C9H10ClNO2/c10-4-3-8(12)6-1-2-7(11)9(13)5-6/h1-2,5,13H,3-4,11H2. The Kier molecular flexibility index (Phi) is 3.14. The Morgan fingerprint density at radius 1 is 1.54 bits per heavy atom. The molecule has 3 nitrogen and oxygen atoms in total. The first-order chi connectivity index (χ1) is 6.15. The van der Waals surface area contributed by atoms with Crippen molar-refractivity contribution in [2.45, 2.75) is 6.42 Å². The summed E-state index contributed by atoms with van der Waals surface area (Å²) in [5.41, 5.74) is 6.08. The number of nitrogen functional groups attached to an aromatic ring is 1. The van der Waals surface area contributed by atoms with Crippen LogP contribution in [0.2, 0.25) is 0 Å². The fourth-order valence-corrected chi connectivity index (χ4v) is 1.12. The van der Waals surface area contributed by atoms with E-state index in [1.54, 1.807) is 6.07 Å². The van der Waals surface area contributed by atoms with Crippen LogP contribution < -0.4 is 5.73 Å². The number of rotatable bonds is 3. The van der Waals surface area contributed by atoms with Gasteiger partial charge >= 0.3 is 0 Å². The van der Waals surface area contributed by atoms with Gasteiger partial charge in [0.15, 0.2) is 5.78 Å². The van der Waals surface area contributed by atoms with Crippen molar-refractivity contribution in [2.75, 3.05) is 11.6 Å². The number of phenols is 1. The van der Waals surface area contributed by atoms with Crippen molar-refractivity contribution in [3.8, 4) is 5.75 Å². The van der Waals surface area contributed by atoms with Crippen LogP contribution in [0.25, 0.3) is 0 Å². The largest absolute Gasteiger partial charge is 0.506 e. The van der Waals surface area contributed by atoms with Gasteiger partial charge in [-0.1, -0.05) is 0 Å². The number of alkyl halides is 1. The second kappa shape index (κ2) is 4.14. The van der Waals surface area contributed by atoms with Gasteiger partial charge in [-0.15, -0.1) is 11.6 Å². The third kappa shape index (κ3) is 2.36. The quantitative estimate of drug-likeness (QED) is 0.338. The Morgan fingerprint density at radius 2 is 2.23 bits per heavy atom. The minimum atomic E-state index is -0.0923. The van der Waals surface area contributed by atoms with Crippen molar-refractivity contribution in [2.24, 2.45) is 0 Å². The van der Waals surface area contributed by atoms with Gasteiger partial charge in [-0.2, -0.15) is 0 Å². The molecule has 1 aromatic rings. The van der Waals surface area contributed by atoms with Crippen LogP contribution in [0.15, 0.2) is 18.2 Å². The molecule has 0 bridgehead atoms. The molecule has 0 aromatic heterocycles. The normalized spacial score (nSPS) is 9.92. The number of aromatic hydroxyl groups is 1. The average Bonchev–Trinajstić information content (AvgIpc) is 2.10. The molecule has 0 amide bonds. The molecular weight excluding hydrogens is 190 g/mol. The van der Waals surface area contributed by atoms with Gasteiger partial charge in [0.05, 0.1) is 5.69 Å². The maximum Gasteiger partial charge on any atom is 0.164 e. The molecular formula is C9H10ClNO2. The van der Waals surface area contributed by atoms with E-state index in [-0.39, 0.29) is 29.5 Å². The molecule has 70 valence electrons. The zero-order valence-corrected chi connectivity index (χ0v) is 7.71. The molecule has 13 heavy (non-hydrogen) atoms. The summed E-state index contributed by atoms with van der Waals surface area (Å²) in [4.78, 5) is 11.3. The molecule has 0 aliphatic rings. The van der Waals surface area contributed by atoms with Crippen molar-refractivity contribution in [1.82, 2.24) is 0 Å². The van der Waals surface area contributed by atoms with Crippen molar-refractivity contribution < 1.29 is 9.90 Å². The fraction of sp³-hybridized carbons (Fsp3) is 0.222. The van der Waals surface area contributed by atoms with Crippen LogP contribution >= 0.6 is 11.6 Å². The van der Waals surface area contributed by atoms with Gasteiger partial charge in [0.25, 0.3) is 0 Å². The Labute approximate surface area is 81.1 Å². The van der Waals surface area contributed by atoms with Gasteiger partial charge in [-0.05, 0) is 18.2 Å². The lowest BCUT2D eigenvalue weighted by Crippen LogP contribution is -1.99. The lowest BCUT2D eigenvalue weighted by Gasteiger charge is -2.01. The summed E-state index contributed by atoms with van der Waals surface area (Å²) in [6.07, 6.45) is 0.269. The SMILES string of the molecule is Nc1ccc(C(=O)CCCl)cc1O. The van der Waals surface area contributed by atoms with E-state index in [4.69, 9.17) is 17.3 Å². The zero-order valence-electron chi connectivity index (χ0n) is 6.96. The van der Waals surface area contributed by atoms with Crippen LogP contribution in [-0.2, 0) is 0 Å². The van der Waals surface area contributed by atoms with Crippen LogP contribution in [-0.4, -0.2) is 16.8 Å². The van der Waals surface area contributed by atoms with E-state index in [1.165, 1.54) is 12.1 Å². The van der Waals surface area contributed by atoms with Crippen LogP contribution in [0.3, 0.4) is 0 Å². The molecule has 0 heterocycles. The van der Waals surface area contributed by atoms with Gasteiger partial charge in [-0.25, -0.2) is 0 Å². The molecule has 3 N–H and O–H groups in total. The van der Waals surface area contributed by atoms with E-state index in [1.807, 2.05) is 0 Å². The fourth-order valence-electron chi connectivity index (χ4n) is 0.947. The van der Waals surface area contributed by atoms with Gasteiger partial charge in [0, 0.05) is 17.9 Å². The highest BCUT2D eigenvalue weighted by Crippen LogP contribution is 2.21. The van der Waals surface area contributed by atoms with Crippen LogP contribution in [0.5, 0.6) is 5.75 Å². The van der Waals surface area contributed by atoms with Crippen molar-refractivity contribution in [1.29, 1.82) is 0 Å². The molecule has 0 spiro atoms. The predicted octanol–water partition coefficient (Wildman–Crippen LogP) is 1.79. The average molecular weight is 200 g/mol. The number of ketones is 1. The molecule has 0 aliphatic carbocycles. The van der Waals surface area contributed by atoms with E-state index in [0.29, 0.717) is 5.56 Å². The Hall–Kier alpha value is -1.22. The third-order valence-electron chi connectivity index (χ3n) is 1.67. The number of halogens is 1. The number of carbonyl (C=O) groups is 1. The maximum atomic E-state index is 11.3. The van der Waals surface area contributed by atoms with Crippen LogP contribution in [0.4, 0.5) is 5.69 Å². The first kappa shape index (κ1) is 9.86. The van der Waals surface area contributed by atoms with E-state index in [0.717, 1.165) is 0 Å². The summed E-state index contributed by atoms with van der Waals surface area (Å²) in [6, 6.07) is 4.42. The Balaban J connectivity index is 2.90. The van der Waals surface area contributed by atoms with E-state index >= 15 is 0 Å². The zero-order chi connectivity index (χ0) is 9.84. The maximum absolute atomic E-state index is 11.3. The smallest absolute Gasteiger partial charge is 0.164 e. The Bertz CT molecular complexity index is 325. The highest BCUT2D eigenvalue weighted by atomic mass is 35.5. The summed E-state index contributed by atoms with van der Waals surface area (Å²) < 4.78 is 0. The molecule has 0 radical (unpaired) electrons. The number of nitrogens with two attached hydrogens (primary N) is 1. The summed E-state index contributed by atoms with van der Waals surface area (Å²) >= 11 is 5.41. The number of carbonyl (C=O) groups excluding carboxylic acids is 1. The number of phenolic OH excluding ortho intramolecular Hbond substituents is 1. The van der Waals surface area contributed by atoms with Crippen molar-refractivity contribution in [3.63, 3.8) is 0 Å². The van der Waals surface area contributed by atoms with E-state index in [2.05, 4.69) is 0 Å². The summed E-state index contributed by atoms with van der Waals surface area (Å²) in [5.74, 6) is 0.120. The van der Waals surface area contributed by atoms with Gasteiger partial charge < -0.3 is 10.8 Å². The number of hydrogen-bond donors (Lipinski definition) is 2. The van der Waals surface area contributed by atoms with Crippen LogP contribution in [0, 0.1) is 0 Å². The molecule has 0 unspecified atom stereocenters. The first-order valence-corrected chi connectivity index (χ1v) is 4.36. The number of hydrogen-bond acceptors (Lipinski definition) is 3. The Morgan fingerprint density at radius 3 is 2.77 bits per heavy atom. The molecule has 0 aliphatic heterocycles. The molecule has 0 saturated carbocycles. The van der Waals surface area contributed by atoms with Gasteiger partial charge in [0.1, 0.15) is 5.75 Å². The second-order valence-electron chi connectivity index (χ2n) is 2.64. The summed E-state index contributed by atoms with van der Waals surface area (Å²) in [7, 11) is 0. The summed E-state index contributed by atoms with van der Waals surface area (Å²) in [5, 5.41) is 9.21. The lowest BCUT2D eigenvalue weighted by molar-refractivity contribution is 0.0989. The summed E-state index contributed by atoms with van der Waals surface area (Å²) in [6.45, 7) is 0. The lowest BCUT2D eigenvalue weighted by atomic mass is 10.1. The molecule has 4 heteroatoms. The molecule has 1 rings (SSSR count). The molecule has 0 saturated heterocycles. The monoisotopic (exact) mass is 199 g/mol. The first-order valence-electron chi connectivity index (χ1n) is 3.83. The topological polar surface area (TPSA) is 63.3 Å².